The van der Waals surface area contributed by atoms with Crippen molar-refractivity contribution < 1.29 is 14.7 Å². The summed E-state index contributed by atoms with van der Waals surface area (Å²) >= 11 is 3.32. The van der Waals surface area contributed by atoms with Gasteiger partial charge in [-0.05, 0) is 47.0 Å². The van der Waals surface area contributed by atoms with Gasteiger partial charge in [-0.2, -0.15) is 0 Å². The van der Waals surface area contributed by atoms with Crippen molar-refractivity contribution in [2.45, 2.75) is 25.8 Å². The van der Waals surface area contributed by atoms with Crippen LogP contribution in [0.15, 0.2) is 22.7 Å². The van der Waals surface area contributed by atoms with Crippen molar-refractivity contribution in [3.63, 3.8) is 0 Å². The molecule has 0 saturated carbocycles. The Morgan fingerprint density at radius 2 is 2.17 bits per heavy atom. The Morgan fingerprint density at radius 3 is 2.78 bits per heavy atom. The molecule has 0 aliphatic heterocycles. The molecule has 0 fully saturated rings. The first-order chi connectivity index (χ1) is 8.40. The second-order valence-electron chi connectivity index (χ2n) is 4.01. The van der Waals surface area contributed by atoms with Crippen LogP contribution >= 0.6 is 15.9 Å². The number of carboxylic acid groups (broad SMARTS) is 1. The van der Waals surface area contributed by atoms with Gasteiger partial charge in [0.25, 0.3) is 0 Å². The van der Waals surface area contributed by atoms with Crippen LogP contribution in [0.25, 0.3) is 0 Å². The summed E-state index contributed by atoms with van der Waals surface area (Å²) in [4.78, 5) is 22.1. The molecule has 1 unspecified atom stereocenters. The third kappa shape index (κ3) is 4.46. The highest BCUT2D eigenvalue weighted by Gasteiger charge is 2.15. The van der Waals surface area contributed by atoms with E-state index in [9.17, 15) is 9.59 Å². The predicted octanol–water partition coefficient (Wildman–Crippen LogP) is 1.89. The van der Waals surface area contributed by atoms with Crippen molar-refractivity contribution in [3.05, 3.63) is 28.2 Å². The van der Waals surface area contributed by atoms with Crippen LogP contribution in [-0.2, 0) is 9.59 Å². The van der Waals surface area contributed by atoms with Gasteiger partial charge in [0, 0.05) is 10.9 Å². The zero-order chi connectivity index (χ0) is 13.7. The third-order valence-electron chi connectivity index (χ3n) is 2.39. The predicted molar refractivity (Wildman–Crippen MR) is 72.4 cm³/mol. The van der Waals surface area contributed by atoms with Crippen molar-refractivity contribution in [2.24, 2.45) is 5.73 Å². The summed E-state index contributed by atoms with van der Waals surface area (Å²) in [5.74, 6) is -1.35. The summed E-state index contributed by atoms with van der Waals surface area (Å²) in [6, 6.07) is 4.72. The lowest BCUT2D eigenvalue weighted by Gasteiger charge is -2.12. The Balaban J connectivity index is 2.63. The molecule has 0 spiro atoms. The summed E-state index contributed by atoms with van der Waals surface area (Å²) in [5, 5.41) is 11.2. The Bertz CT molecular complexity index is 463. The number of amides is 1. The van der Waals surface area contributed by atoms with E-state index in [1.54, 1.807) is 0 Å². The number of nitrogens with one attached hydrogen (secondary N) is 1. The van der Waals surface area contributed by atoms with Gasteiger partial charge in [0.2, 0.25) is 5.91 Å². The maximum absolute atomic E-state index is 11.7. The lowest BCUT2D eigenvalue weighted by atomic mass is 10.1. The van der Waals surface area contributed by atoms with Crippen LogP contribution in [-0.4, -0.2) is 23.0 Å². The normalized spacial score (nSPS) is 11.9. The van der Waals surface area contributed by atoms with Crippen molar-refractivity contribution in [1.82, 2.24) is 0 Å². The van der Waals surface area contributed by atoms with Crippen LogP contribution < -0.4 is 11.1 Å². The van der Waals surface area contributed by atoms with Gasteiger partial charge in [-0.1, -0.05) is 6.07 Å². The monoisotopic (exact) mass is 314 g/mol. The number of anilines is 1. The van der Waals surface area contributed by atoms with Crippen molar-refractivity contribution >= 4 is 33.5 Å². The fraction of sp³-hybridized carbons (Fsp3) is 0.333. The van der Waals surface area contributed by atoms with Gasteiger partial charge < -0.3 is 16.2 Å². The first kappa shape index (κ1) is 14.7. The highest BCUT2D eigenvalue weighted by molar-refractivity contribution is 9.10. The molecule has 1 aromatic rings. The number of carboxylic acids is 1. The SMILES string of the molecule is Cc1ccc(Br)c(NC(=O)C(N)CCC(=O)O)c1. The summed E-state index contributed by atoms with van der Waals surface area (Å²) in [6.07, 6.45) is -0.00578. The van der Waals surface area contributed by atoms with E-state index < -0.39 is 12.0 Å². The number of hydrogen-bond acceptors (Lipinski definition) is 3. The summed E-state index contributed by atoms with van der Waals surface area (Å²) in [7, 11) is 0. The Labute approximate surface area is 113 Å². The molecule has 1 aromatic carbocycles. The van der Waals surface area contributed by atoms with Crippen LogP contribution in [0.5, 0.6) is 0 Å². The lowest BCUT2D eigenvalue weighted by Crippen LogP contribution is -2.36. The fourth-order valence-corrected chi connectivity index (χ4v) is 1.72. The Hall–Kier alpha value is -1.40. The second-order valence-corrected chi connectivity index (χ2v) is 4.87. The smallest absolute Gasteiger partial charge is 0.303 e. The molecule has 0 saturated heterocycles. The number of aliphatic carboxylic acids is 1. The topological polar surface area (TPSA) is 92.4 Å². The summed E-state index contributed by atoms with van der Waals surface area (Å²) in [5.41, 5.74) is 7.25. The number of rotatable bonds is 5. The van der Waals surface area contributed by atoms with Gasteiger partial charge >= 0.3 is 5.97 Å². The van der Waals surface area contributed by atoms with Crippen LogP contribution in [0.3, 0.4) is 0 Å². The number of carbonyl (C=O) groups excluding carboxylic acids is 1. The molecule has 0 heterocycles. The number of benzene rings is 1. The van der Waals surface area contributed by atoms with Gasteiger partial charge in [0.1, 0.15) is 0 Å². The van der Waals surface area contributed by atoms with Crippen LogP contribution in [0.1, 0.15) is 18.4 Å². The molecule has 1 rings (SSSR count). The van der Waals surface area contributed by atoms with E-state index in [4.69, 9.17) is 10.8 Å². The molecule has 0 aliphatic rings. The molecule has 18 heavy (non-hydrogen) atoms. The molecule has 0 aromatic heterocycles. The molecule has 98 valence electrons. The number of aryl methyl sites for hydroxylation is 1. The van der Waals surface area contributed by atoms with Gasteiger partial charge in [-0.25, -0.2) is 0 Å². The highest BCUT2D eigenvalue weighted by atomic mass is 79.9. The standard InChI is InChI=1S/C12H15BrN2O3/c1-7-2-3-8(13)10(6-7)15-12(18)9(14)4-5-11(16)17/h2-3,6,9H,4-5,14H2,1H3,(H,15,18)(H,16,17). The molecule has 0 aliphatic carbocycles. The largest absolute Gasteiger partial charge is 0.481 e. The Kier molecular flexibility index (Phi) is 5.30. The lowest BCUT2D eigenvalue weighted by molar-refractivity contribution is -0.137. The molecule has 1 atom stereocenters. The zero-order valence-electron chi connectivity index (χ0n) is 9.94. The maximum Gasteiger partial charge on any atom is 0.303 e. The van der Waals surface area contributed by atoms with E-state index in [0.29, 0.717) is 5.69 Å². The van der Waals surface area contributed by atoms with Crippen molar-refractivity contribution in [3.8, 4) is 0 Å². The van der Waals surface area contributed by atoms with E-state index in [2.05, 4.69) is 21.2 Å². The number of carbonyl (C=O) groups is 2. The third-order valence-corrected chi connectivity index (χ3v) is 3.08. The van der Waals surface area contributed by atoms with Gasteiger partial charge in [0.15, 0.2) is 0 Å². The summed E-state index contributed by atoms with van der Waals surface area (Å²) in [6.45, 7) is 1.91. The van der Waals surface area contributed by atoms with Gasteiger partial charge in [0.05, 0.1) is 11.7 Å². The van der Waals surface area contributed by atoms with Crippen molar-refractivity contribution in [2.75, 3.05) is 5.32 Å². The summed E-state index contributed by atoms with van der Waals surface area (Å²) < 4.78 is 0.756. The fourth-order valence-electron chi connectivity index (χ4n) is 1.37. The first-order valence-electron chi connectivity index (χ1n) is 5.44. The number of halogens is 1. The second kappa shape index (κ2) is 6.51. The van der Waals surface area contributed by atoms with Crippen molar-refractivity contribution in [1.29, 1.82) is 0 Å². The van der Waals surface area contributed by atoms with Gasteiger partial charge in [-0.15, -0.1) is 0 Å². The number of nitrogens with two attached hydrogens (primary N) is 1. The quantitative estimate of drug-likeness (QED) is 0.773. The minimum absolute atomic E-state index is 0.116. The molecule has 5 nitrogen and oxygen atoms in total. The minimum atomic E-state index is -0.963. The number of hydrogen-bond donors (Lipinski definition) is 3. The molecule has 0 bridgehead atoms. The maximum atomic E-state index is 11.7. The highest BCUT2D eigenvalue weighted by Crippen LogP contribution is 2.23. The van der Waals surface area contributed by atoms with Crippen LogP contribution in [0.4, 0.5) is 5.69 Å². The van der Waals surface area contributed by atoms with E-state index >= 15 is 0 Å². The first-order valence-corrected chi connectivity index (χ1v) is 6.24. The molecular weight excluding hydrogens is 300 g/mol. The van der Waals surface area contributed by atoms with Gasteiger partial charge in [-0.3, -0.25) is 9.59 Å². The van der Waals surface area contributed by atoms with Crippen LogP contribution in [0, 0.1) is 6.92 Å². The molecule has 4 N–H and O–H groups in total. The average Bonchev–Trinajstić information content (AvgIpc) is 2.30. The van der Waals surface area contributed by atoms with E-state index in [1.165, 1.54) is 0 Å². The van der Waals surface area contributed by atoms with E-state index in [-0.39, 0.29) is 18.7 Å². The molecule has 6 heteroatoms. The zero-order valence-corrected chi connectivity index (χ0v) is 11.5. The molecular formula is C12H15BrN2O3. The van der Waals surface area contributed by atoms with E-state index in [0.717, 1.165) is 10.0 Å². The molecule has 0 radical (unpaired) electrons. The average molecular weight is 315 g/mol. The van der Waals surface area contributed by atoms with E-state index in [1.807, 2.05) is 25.1 Å². The van der Waals surface area contributed by atoms with Crippen LogP contribution in [0.2, 0.25) is 0 Å². The minimum Gasteiger partial charge on any atom is -0.481 e. The Morgan fingerprint density at radius 1 is 1.50 bits per heavy atom. The molecule has 1 amide bonds.